The summed E-state index contributed by atoms with van der Waals surface area (Å²) in [7, 11) is 1.41. The number of ether oxygens (including phenoxy) is 4. The first-order chi connectivity index (χ1) is 17.6. The Morgan fingerprint density at radius 2 is 2.17 bits per heavy atom. The lowest BCUT2D eigenvalue weighted by Gasteiger charge is -2.23. The molecule has 0 bridgehead atoms. The molecule has 2 fully saturated rings. The van der Waals surface area contributed by atoms with Crippen LogP contribution in [0.1, 0.15) is 28.9 Å². The van der Waals surface area contributed by atoms with E-state index in [1.807, 2.05) is 6.07 Å². The van der Waals surface area contributed by atoms with Crippen molar-refractivity contribution in [3.63, 3.8) is 0 Å². The number of carbonyl (C=O) groups is 1. The van der Waals surface area contributed by atoms with Gasteiger partial charge in [-0.2, -0.15) is 0 Å². The zero-order chi connectivity index (χ0) is 24.7. The van der Waals surface area contributed by atoms with Gasteiger partial charge in [-0.1, -0.05) is 6.07 Å². The van der Waals surface area contributed by atoms with E-state index in [0.29, 0.717) is 61.4 Å². The standard InChI is InChI=1S/C26H27FN4O5/c1-33-23-17(27)3-2-4-18(23)30-22-20-24(26(6-7-26)14-29-25(20)32)31-21(22)16-5-8-28-11-19(16)36-13-15-12-34-9-10-35-15/h2-5,8,11,15,30-31H,6-7,9-10,12-14H2,1H3,(H,29,32). The molecule has 10 heteroatoms. The molecule has 188 valence electrons. The van der Waals surface area contributed by atoms with Crippen LogP contribution in [0.25, 0.3) is 11.3 Å². The summed E-state index contributed by atoms with van der Waals surface area (Å²) in [6.07, 6.45) is 5.07. The molecule has 1 saturated heterocycles. The largest absolute Gasteiger partial charge is 0.492 e. The van der Waals surface area contributed by atoms with Crippen molar-refractivity contribution < 1.29 is 28.1 Å². The minimum atomic E-state index is -0.501. The van der Waals surface area contributed by atoms with Crippen LogP contribution in [0.2, 0.25) is 0 Å². The van der Waals surface area contributed by atoms with Gasteiger partial charge in [0.15, 0.2) is 11.6 Å². The van der Waals surface area contributed by atoms with Gasteiger partial charge in [0.2, 0.25) is 0 Å². The Kier molecular flexibility index (Phi) is 5.77. The third-order valence-corrected chi connectivity index (χ3v) is 6.99. The van der Waals surface area contributed by atoms with Gasteiger partial charge in [0.25, 0.3) is 5.91 Å². The van der Waals surface area contributed by atoms with Gasteiger partial charge in [-0.05, 0) is 31.0 Å². The number of amides is 1. The molecular formula is C26H27FN4O5. The summed E-state index contributed by atoms with van der Waals surface area (Å²) >= 11 is 0. The molecule has 1 spiro atoms. The predicted octanol–water partition coefficient (Wildman–Crippen LogP) is 3.54. The van der Waals surface area contributed by atoms with Crippen LogP contribution in [0, 0.1) is 5.82 Å². The number of carbonyl (C=O) groups excluding carboxylic acids is 1. The van der Waals surface area contributed by atoms with E-state index in [4.69, 9.17) is 18.9 Å². The second-order valence-corrected chi connectivity index (χ2v) is 9.28. The maximum atomic E-state index is 14.5. The fourth-order valence-corrected chi connectivity index (χ4v) is 4.92. The summed E-state index contributed by atoms with van der Waals surface area (Å²) in [5.41, 5.74) is 3.60. The van der Waals surface area contributed by atoms with Gasteiger partial charge in [0.1, 0.15) is 18.5 Å². The number of fused-ring (bicyclic) bond motifs is 2. The minimum absolute atomic E-state index is 0.0661. The number of aromatic nitrogens is 2. The number of halogens is 1. The van der Waals surface area contributed by atoms with Crippen molar-refractivity contribution in [3.05, 3.63) is 53.7 Å². The summed E-state index contributed by atoms with van der Waals surface area (Å²) < 4.78 is 37.1. The van der Waals surface area contributed by atoms with Gasteiger partial charge < -0.3 is 34.6 Å². The molecule has 1 atom stereocenters. The summed E-state index contributed by atoms with van der Waals surface area (Å²) in [6.45, 7) is 2.44. The Labute approximate surface area is 207 Å². The van der Waals surface area contributed by atoms with E-state index < -0.39 is 5.82 Å². The lowest BCUT2D eigenvalue weighted by Crippen LogP contribution is -2.39. The normalized spacial score (nSPS) is 19.9. The first kappa shape index (κ1) is 22.8. The number of hydrogen-bond acceptors (Lipinski definition) is 7. The highest BCUT2D eigenvalue weighted by molar-refractivity contribution is 6.07. The number of benzene rings is 1. The van der Waals surface area contributed by atoms with Crippen LogP contribution in [-0.4, -0.2) is 62.1 Å². The molecule has 1 unspecified atom stereocenters. The van der Waals surface area contributed by atoms with Crippen LogP contribution in [0.5, 0.6) is 11.5 Å². The highest BCUT2D eigenvalue weighted by Gasteiger charge is 2.51. The number of pyridine rings is 1. The Morgan fingerprint density at radius 3 is 2.94 bits per heavy atom. The number of hydrogen-bond donors (Lipinski definition) is 3. The van der Waals surface area contributed by atoms with Crippen LogP contribution in [0.3, 0.4) is 0 Å². The second-order valence-electron chi connectivity index (χ2n) is 9.28. The summed E-state index contributed by atoms with van der Waals surface area (Å²) in [6, 6.07) is 6.46. The van der Waals surface area contributed by atoms with Crippen molar-refractivity contribution in [1.82, 2.24) is 15.3 Å². The van der Waals surface area contributed by atoms with Crippen molar-refractivity contribution >= 4 is 17.3 Å². The first-order valence-corrected chi connectivity index (χ1v) is 12.0. The molecule has 3 aliphatic rings. The van der Waals surface area contributed by atoms with Crippen LogP contribution in [0.15, 0.2) is 36.7 Å². The van der Waals surface area contributed by atoms with E-state index in [-0.39, 0.29) is 23.2 Å². The van der Waals surface area contributed by atoms with E-state index in [1.165, 1.54) is 13.2 Å². The number of methoxy groups -OCH3 is 1. The molecule has 4 heterocycles. The van der Waals surface area contributed by atoms with Crippen molar-refractivity contribution in [2.75, 3.05) is 45.4 Å². The molecule has 0 radical (unpaired) electrons. The van der Waals surface area contributed by atoms with Crippen molar-refractivity contribution in [2.24, 2.45) is 0 Å². The average Bonchev–Trinajstić information content (AvgIpc) is 3.58. The summed E-state index contributed by atoms with van der Waals surface area (Å²) in [5, 5.41) is 6.32. The number of nitrogens with one attached hydrogen (secondary N) is 3. The van der Waals surface area contributed by atoms with Crippen molar-refractivity contribution in [2.45, 2.75) is 24.4 Å². The zero-order valence-electron chi connectivity index (χ0n) is 19.9. The van der Waals surface area contributed by atoms with Gasteiger partial charge in [-0.25, -0.2) is 4.39 Å². The van der Waals surface area contributed by atoms with Gasteiger partial charge in [-0.3, -0.25) is 9.78 Å². The van der Waals surface area contributed by atoms with Gasteiger partial charge in [0.05, 0.1) is 55.8 Å². The molecule has 9 nitrogen and oxygen atoms in total. The van der Waals surface area contributed by atoms with E-state index >= 15 is 0 Å². The monoisotopic (exact) mass is 494 g/mol. The van der Waals surface area contributed by atoms with Gasteiger partial charge in [-0.15, -0.1) is 0 Å². The Balaban J connectivity index is 1.44. The average molecular weight is 495 g/mol. The number of rotatable bonds is 7. The van der Waals surface area contributed by atoms with E-state index in [0.717, 1.165) is 24.1 Å². The van der Waals surface area contributed by atoms with E-state index in [2.05, 4.69) is 20.6 Å². The molecule has 2 aromatic heterocycles. The molecular weight excluding hydrogens is 467 g/mol. The molecule has 1 aliphatic carbocycles. The predicted molar refractivity (Wildman–Crippen MR) is 130 cm³/mol. The van der Waals surface area contributed by atoms with Crippen LogP contribution in [-0.2, 0) is 14.9 Å². The third-order valence-electron chi connectivity index (χ3n) is 6.99. The number of para-hydroxylation sites is 1. The molecule has 3 aromatic rings. The van der Waals surface area contributed by atoms with Crippen molar-refractivity contribution in [3.8, 4) is 22.8 Å². The molecule has 6 rings (SSSR count). The molecule has 3 N–H and O–H groups in total. The lowest BCUT2D eigenvalue weighted by atomic mass is 9.93. The first-order valence-electron chi connectivity index (χ1n) is 12.0. The van der Waals surface area contributed by atoms with Gasteiger partial charge >= 0.3 is 0 Å². The van der Waals surface area contributed by atoms with E-state index in [1.54, 1.807) is 24.5 Å². The van der Waals surface area contributed by atoms with Gasteiger partial charge in [0, 0.05) is 29.4 Å². The third kappa shape index (κ3) is 3.96. The second kappa shape index (κ2) is 9.11. The van der Waals surface area contributed by atoms with Crippen LogP contribution >= 0.6 is 0 Å². The topological polar surface area (TPSA) is 107 Å². The lowest BCUT2D eigenvalue weighted by molar-refractivity contribution is -0.101. The summed E-state index contributed by atoms with van der Waals surface area (Å²) in [5.74, 6) is -0.0902. The highest BCUT2D eigenvalue weighted by Crippen LogP contribution is 2.54. The van der Waals surface area contributed by atoms with Crippen LogP contribution < -0.4 is 20.1 Å². The van der Waals surface area contributed by atoms with E-state index in [9.17, 15) is 9.18 Å². The SMILES string of the molecule is COc1c(F)cccc1Nc1c(-c2ccncc2OCC2COCCO2)[nH]c2c1C(=O)NCC21CC1. The Hall–Kier alpha value is -3.63. The number of nitrogens with zero attached hydrogens (tertiary/aromatic N) is 1. The number of aromatic amines is 1. The quantitative estimate of drug-likeness (QED) is 0.461. The highest BCUT2D eigenvalue weighted by atomic mass is 19.1. The molecule has 1 saturated carbocycles. The summed E-state index contributed by atoms with van der Waals surface area (Å²) in [4.78, 5) is 20.9. The smallest absolute Gasteiger partial charge is 0.255 e. The molecule has 36 heavy (non-hydrogen) atoms. The maximum Gasteiger partial charge on any atom is 0.255 e. The maximum absolute atomic E-state index is 14.5. The van der Waals surface area contributed by atoms with Crippen LogP contribution in [0.4, 0.5) is 15.8 Å². The number of H-pyrrole nitrogens is 1. The molecule has 1 amide bonds. The molecule has 1 aromatic carbocycles. The fraction of sp³-hybridized carbons (Fsp3) is 0.385. The Bertz CT molecular complexity index is 1300. The zero-order valence-corrected chi connectivity index (χ0v) is 19.9. The molecule has 2 aliphatic heterocycles. The fourth-order valence-electron chi connectivity index (χ4n) is 4.92. The number of anilines is 2. The van der Waals surface area contributed by atoms with Crippen molar-refractivity contribution in [1.29, 1.82) is 0 Å². The minimum Gasteiger partial charge on any atom is -0.492 e. The Morgan fingerprint density at radius 1 is 1.28 bits per heavy atom.